The Morgan fingerprint density at radius 1 is 0.767 bits per heavy atom. The summed E-state index contributed by atoms with van der Waals surface area (Å²) in [6, 6.07) is 0. The van der Waals surface area contributed by atoms with Crippen molar-refractivity contribution >= 4 is 17.9 Å². The topological polar surface area (TPSA) is 112 Å². The van der Waals surface area contributed by atoms with Crippen molar-refractivity contribution in [3.63, 3.8) is 0 Å². The van der Waals surface area contributed by atoms with Crippen LogP contribution in [0.3, 0.4) is 0 Å². The summed E-state index contributed by atoms with van der Waals surface area (Å²) in [5.74, 6) is -1.58. The zero-order valence-electron chi connectivity index (χ0n) is 18.9. The quantitative estimate of drug-likeness (QED) is 0.136. The van der Waals surface area contributed by atoms with E-state index in [1.165, 1.54) is 57.8 Å². The van der Waals surface area contributed by atoms with E-state index in [4.69, 9.17) is 5.11 Å². The Hall–Kier alpha value is -1.11. The minimum absolute atomic E-state index is 0.00919. The number of carbonyl (C=O) groups is 3. The maximum absolute atomic E-state index is 12.4. The standard InChI is InChI=1S/C24H44O6/c1-2-3-4-5-6-7-8-9-10-11-12-13-14-17-21(27)24(30,23(29)20-26)22(28)18-15-16-19-25/h19,23,26,29-30H,2-18,20H2,1H3/t23-,24-/m0/s1. The summed E-state index contributed by atoms with van der Waals surface area (Å²) >= 11 is 0. The van der Waals surface area contributed by atoms with E-state index in [1.54, 1.807) is 0 Å². The highest BCUT2D eigenvalue weighted by atomic mass is 16.4. The summed E-state index contributed by atoms with van der Waals surface area (Å²) in [7, 11) is 0. The average molecular weight is 429 g/mol. The summed E-state index contributed by atoms with van der Waals surface area (Å²) in [5.41, 5.74) is -2.57. The van der Waals surface area contributed by atoms with Gasteiger partial charge in [-0.1, -0.05) is 84.0 Å². The number of rotatable bonds is 22. The van der Waals surface area contributed by atoms with Crippen LogP contribution in [-0.2, 0) is 14.4 Å². The number of hydrogen-bond acceptors (Lipinski definition) is 6. The monoisotopic (exact) mass is 428 g/mol. The smallest absolute Gasteiger partial charge is 0.209 e. The lowest BCUT2D eigenvalue weighted by molar-refractivity contribution is -0.166. The zero-order chi connectivity index (χ0) is 22.7. The molecule has 0 fully saturated rings. The van der Waals surface area contributed by atoms with Gasteiger partial charge in [-0.2, -0.15) is 0 Å². The van der Waals surface area contributed by atoms with Gasteiger partial charge in [-0.3, -0.25) is 9.59 Å². The first-order chi connectivity index (χ1) is 14.4. The number of ketones is 2. The summed E-state index contributed by atoms with van der Waals surface area (Å²) in [4.78, 5) is 35.1. The Labute approximate surface area is 182 Å². The van der Waals surface area contributed by atoms with Crippen LogP contribution in [0, 0.1) is 0 Å². The van der Waals surface area contributed by atoms with Crippen molar-refractivity contribution in [1.82, 2.24) is 0 Å². The van der Waals surface area contributed by atoms with Crippen molar-refractivity contribution in [1.29, 1.82) is 0 Å². The third-order valence-corrected chi connectivity index (χ3v) is 5.74. The molecule has 6 nitrogen and oxygen atoms in total. The Morgan fingerprint density at radius 2 is 1.17 bits per heavy atom. The van der Waals surface area contributed by atoms with Crippen LogP contribution in [0.25, 0.3) is 0 Å². The van der Waals surface area contributed by atoms with E-state index < -0.39 is 29.9 Å². The van der Waals surface area contributed by atoms with Crippen LogP contribution in [0.2, 0.25) is 0 Å². The summed E-state index contributed by atoms with van der Waals surface area (Å²) in [5, 5.41) is 29.5. The molecule has 0 aromatic carbocycles. The van der Waals surface area contributed by atoms with Crippen molar-refractivity contribution in [2.24, 2.45) is 0 Å². The fourth-order valence-electron chi connectivity index (χ4n) is 3.69. The molecule has 0 amide bonds. The van der Waals surface area contributed by atoms with Crippen LogP contribution in [-0.4, -0.2) is 51.5 Å². The van der Waals surface area contributed by atoms with E-state index in [0.717, 1.165) is 19.3 Å². The number of aldehydes is 1. The second-order valence-corrected chi connectivity index (χ2v) is 8.36. The predicted molar refractivity (Wildman–Crippen MR) is 118 cm³/mol. The molecule has 0 unspecified atom stereocenters. The molecule has 0 aromatic heterocycles. The van der Waals surface area contributed by atoms with Gasteiger partial charge in [0, 0.05) is 19.3 Å². The fraction of sp³-hybridized carbons (Fsp3) is 0.875. The molecule has 0 aliphatic rings. The number of aliphatic hydroxyl groups excluding tert-OH is 2. The molecule has 176 valence electrons. The van der Waals surface area contributed by atoms with E-state index in [9.17, 15) is 24.6 Å². The van der Waals surface area contributed by atoms with Crippen molar-refractivity contribution in [3.8, 4) is 0 Å². The number of aliphatic hydroxyl groups is 3. The minimum atomic E-state index is -2.57. The average Bonchev–Trinajstić information content (AvgIpc) is 2.75. The number of unbranched alkanes of at least 4 members (excludes halogenated alkanes) is 13. The SMILES string of the molecule is CCCCCCCCCCCCCCCC(=O)[C@](O)(C(=O)CCCC=O)[C@@H](O)CO. The first-order valence-corrected chi connectivity index (χ1v) is 12.0. The molecule has 0 heterocycles. The predicted octanol–water partition coefficient (Wildman–Crippen LogP) is 4.06. The van der Waals surface area contributed by atoms with Crippen LogP contribution in [0.4, 0.5) is 0 Å². The Bertz CT molecular complexity index is 465. The van der Waals surface area contributed by atoms with Crippen molar-refractivity contribution in [2.75, 3.05) is 6.61 Å². The van der Waals surface area contributed by atoms with Gasteiger partial charge in [0.2, 0.25) is 5.60 Å². The van der Waals surface area contributed by atoms with Crippen LogP contribution in [0.15, 0.2) is 0 Å². The molecular weight excluding hydrogens is 384 g/mol. The van der Waals surface area contributed by atoms with Gasteiger partial charge in [0.15, 0.2) is 11.6 Å². The molecule has 0 bridgehead atoms. The molecule has 2 atom stereocenters. The van der Waals surface area contributed by atoms with Crippen molar-refractivity contribution in [3.05, 3.63) is 0 Å². The largest absolute Gasteiger partial charge is 0.394 e. The van der Waals surface area contributed by atoms with E-state index in [-0.39, 0.29) is 25.7 Å². The number of carbonyl (C=O) groups excluding carboxylic acids is 3. The lowest BCUT2D eigenvalue weighted by atomic mass is 9.83. The lowest BCUT2D eigenvalue weighted by Gasteiger charge is -2.29. The van der Waals surface area contributed by atoms with Gasteiger partial charge in [0.1, 0.15) is 12.4 Å². The molecule has 0 saturated heterocycles. The maximum atomic E-state index is 12.4. The normalized spacial score (nSPS) is 14.3. The van der Waals surface area contributed by atoms with Crippen LogP contribution in [0.5, 0.6) is 0 Å². The first kappa shape index (κ1) is 28.9. The summed E-state index contributed by atoms with van der Waals surface area (Å²) < 4.78 is 0. The second kappa shape index (κ2) is 18.6. The molecule has 0 aromatic rings. The number of hydrogen-bond donors (Lipinski definition) is 3. The maximum Gasteiger partial charge on any atom is 0.209 e. The van der Waals surface area contributed by atoms with E-state index in [2.05, 4.69) is 6.92 Å². The van der Waals surface area contributed by atoms with Gasteiger partial charge in [-0.15, -0.1) is 0 Å². The van der Waals surface area contributed by atoms with Gasteiger partial charge in [-0.25, -0.2) is 0 Å². The van der Waals surface area contributed by atoms with Gasteiger partial charge >= 0.3 is 0 Å². The van der Waals surface area contributed by atoms with E-state index in [1.807, 2.05) is 0 Å². The van der Waals surface area contributed by atoms with Gasteiger partial charge in [0.05, 0.1) is 6.61 Å². The molecule has 30 heavy (non-hydrogen) atoms. The Balaban J connectivity index is 4.01. The first-order valence-electron chi connectivity index (χ1n) is 12.0. The Kier molecular flexibility index (Phi) is 18.0. The molecule has 0 saturated carbocycles. The van der Waals surface area contributed by atoms with Gasteiger partial charge < -0.3 is 20.1 Å². The molecule has 0 radical (unpaired) electrons. The Morgan fingerprint density at radius 3 is 1.57 bits per heavy atom. The molecule has 0 rings (SSSR count). The van der Waals surface area contributed by atoms with Gasteiger partial charge in [0.25, 0.3) is 0 Å². The highest BCUT2D eigenvalue weighted by Crippen LogP contribution is 2.21. The highest BCUT2D eigenvalue weighted by Gasteiger charge is 2.48. The fourth-order valence-corrected chi connectivity index (χ4v) is 3.69. The van der Waals surface area contributed by atoms with Gasteiger partial charge in [-0.05, 0) is 12.8 Å². The van der Waals surface area contributed by atoms with E-state index in [0.29, 0.717) is 12.7 Å². The second-order valence-electron chi connectivity index (χ2n) is 8.36. The minimum Gasteiger partial charge on any atom is -0.394 e. The zero-order valence-corrected chi connectivity index (χ0v) is 18.9. The van der Waals surface area contributed by atoms with Crippen LogP contribution in [0.1, 0.15) is 116 Å². The number of Topliss-reactive ketones (excluding diaryl/α,β-unsaturated/α-hetero) is 2. The van der Waals surface area contributed by atoms with Crippen molar-refractivity contribution in [2.45, 2.75) is 128 Å². The molecular formula is C24H44O6. The third kappa shape index (κ3) is 11.9. The molecule has 0 aliphatic carbocycles. The highest BCUT2D eigenvalue weighted by molar-refractivity contribution is 6.10. The van der Waals surface area contributed by atoms with Crippen LogP contribution >= 0.6 is 0 Å². The molecule has 0 spiro atoms. The lowest BCUT2D eigenvalue weighted by Crippen LogP contribution is -2.57. The molecule has 6 heteroatoms. The molecule has 0 aliphatic heterocycles. The van der Waals surface area contributed by atoms with Crippen molar-refractivity contribution < 1.29 is 29.7 Å². The van der Waals surface area contributed by atoms with E-state index >= 15 is 0 Å². The third-order valence-electron chi connectivity index (χ3n) is 5.74. The summed E-state index contributed by atoms with van der Waals surface area (Å²) in [6.07, 6.45) is 14.1. The summed E-state index contributed by atoms with van der Waals surface area (Å²) in [6.45, 7) is 1.35. The molecule has 3 N–H and O–H groups in total. The van der Waals surface area contributed by atoms with Crippen LogP contribution < -0.4 is 0 Å².